The number of fused-ring (bicyclic) bond motifs is 1. The molecule has 0 atom stereocenters. The third kappa shape index (κ3) is 4.36. The number of hydrogen-bond donors (Lipinski definition) is 2. The van der Waals surface area contributed by atoms with E-state index < -0.39 is 10.0 Å². The average Bonchev–Trinajstić information content (AvgIpc) is 3.22. The standard InChI is InChI=1S/C23H21FN6O2S/c1-14-8-9-26-23(30(2)33(3,31)32)19(14)13-27-21-16(11-25)12-28-22-18(21)10-20(29-22)15-4-6-17(24)7-5-15/h4-10,12H,13H2,1-3H3,(H2,27,28,29). The van der Waals surface area contributed by atoms with Crippen molar-refractivity contribution < 1.29 is 12.8 Å². The summed E-state index contributed by atoms with van der Waals surface area (Å²) >= 11 is 0. The highest BCUT2D eigenvalue weighted by Crippen LogP contribution is 2.32. The normalized spacial score (nSPS) is 11.4. The number of nitriles is 1. The van der Waals surface area contributed by atoms with Crippen molar-refractivity contribution in [2.75, 3.05) is 22.9 Å². The predicted molar refractivity (Wildman–Crippen MR) is 126 cm³/mol. The fourth-order valence-electron chi connectivity index (χ4n) is 3.53. The summed E-state index contributed by atoms with van der Waals surface area (Å²) in [5, 5.41) is 13.6. The molecular formula is C23H21FN6O2S. The van der Waals surface area contributed by atoms with Gasteiger partial charge in [0.25, 0.3) is 0 Å². The first kappa shape index (κ1) is 22.2. The Morgan fingerprint density at radius 1 is 1.21 bits per heavy atom. The molecule has 0 saturated carbocycles. The fourth-order valence-corrected chi connectivity index (χ4v) is 4.00. The van der Waals surface area contributed by atoms with Crippen LogP contribution in [0.5, 0.6) is 0 Å². The van der Waals surface area contributed by atoms with Gasteiger partial charge in [-0.15, -0.1) is 0 Å². The molecule has 33 heavy (non-hydrogen) atoms. The van der Waals surface area contributed by atoms with Gasteiger partial charge in [0.2, 0.25) is 10.0 Å². The molecule has 0 aliphatic carbocycles. The first-order chi connectivity index (χ1) is 15.7. The minimum Gasteiger partial charge on any atom is -0.379 e. The van der Waals surface area contributed by atoms with Gasteiger partial charge in [0.05, 0.1) is 17.5 Å². The molecule has 0 saturated heterocycles. The Hall–Kier alpha value is -3.97. The number of H-pyrrole nitrogens is 1. The molecule has 3 aromatic heterocycles. The molecule has 0 amide bonds. The third-order valence-corrected chi connectivity index (χ3v) is 6.61. The van der Waals surface area contributed by atoms with Crippen LogP contribution in [0.25, 0.3) is 22.3 Å². The zero-order chi connectivity index (χ0) is 23.8. The molecule has 0 aliphatic heterocycles. The Kier molecular flexibility index (Phi) is 5.74. The van der Waals surface area contributed by atoms with Gasteiger partial charge in [0, 0.05) is 42.6 Å². The lowest BCUT2D eigenvalue weighted by Gasteiger charge is -2.21. The number of nitrogens with one attached hydrogen (secondary N) is 2. The van der Waals surface area contributed by atoms with Crippen molar-refractivity contribution in [1.82, 2.24) is 15.0 Å². The van der Waals surface area contributed by atoms with Gasteiger partial charge in [-0.2, -0.15) is 5.26 Å². The second kappa shape index (κ2) is 8.52. The monoisotopic (exact) mass is 464 g/mol. The topological polar surface area (TPSA) is 115 Å². The first-order valence-corrected chi connectivity index (χ1v) is 11.8. The summed E-state index contributed by atoms with van der Waals surface area (Å²) in [5.74, 6) is -0.0151. The Morgan fingerprint density at radius 2 is 1.94 bits per heavy atom. The minimum absolute atomic E-state index is 0.236. The molecular weight excluding hydrogens is 443 g/mol. The van der Waals surface area contributed by atoms with Crippen molar-refractivity contribution in [3.05, 3.63) is 71.3 Å². The van der Waals surface area contributed by atoms with Crippen molar-refractivity contribution in [3.8, 4) is 17.3 Å². The van der Waals surface area contributed by atoms with Crippen LogP contribution < -0.4 is 9.62 Å². The lowest BCUT2D eigenvalue weighted by molar-refractivity contribution is 0.599. The molecule has 4 aromatic rings. The number of rotatable bonds is 6. The minimum atomic E-state index is -3.51. The molecule has 0 unspecified atom stereocenters. The van der Waals surface area contributed by atoms with Gasteiger partial charge in [-0.3, -0.25) is 4.31 Å². The van der Waals surface area contributed by atoms with Crippen molar-refractivity contribution in [2.45, 2.75) is 13.5 Å². The molecule has 3 heterocycles. The quantitative estimate of drug-likeness (QED) is 0.446. The van der Waals surface area contributed by atoms with Gasteiger partial charge in [0.15, 0.2) is 0 Å². The van der Waals surface area contributed by atoms with Gasteiger partial charge in [-0.05, 0) is 54.4 Å². The second-order valence-corrected chi connectivity index (χ2v) is 9.64. The van der Waals surface area contributed by atoms with Gasteiger partial charge >= 0.3 is 0 Å². The molecule has 0 fully saturated rings. The van der Waals surface area contributed by atoms with E-state index in [1.54, 1.807) is 24.4 Å². The third-order valence-electron chi connectivity index (χ3n) is 5.44. The maximum absolute atomic E-state index is 13.3. The molecule has 10 heteroatoms. The van der Waals surface area contributed by atoms with Crippen LogP contribution in [-0.4, -0.2) is 36.7 Å². The number of benzene rings is 1. The van der Waals surface area contributed by atoms with Crippen LogP contribution >= 0.6 is 0 Å². The van der Waals surface area contributed by atoms with E-state index in [1.165, 1.54) is 25.4 Å². The summed E-state index contributed by atoms with van der Waals surface area (Å²) in [7, 11) is -2.06. The van der Waals surface area contributed by atoms with Gasteiger partial charge in [-0.25, -0.2) is 22.8 Å². The van der Waals surface area contributed by atoms with Crippen LogP contribution in [0.2, 0.25) is 0 Å². The highest BCUT2D eigenvalue weighted by Gasteiger charge is 2.20. The number of halogens is 1. The van der Waals surface area contributed by atoms with E-state index in [2.05, 4.69) is 26.3 Å². The summed E-state index contributed by atoms with van der Waals surface area (Å²) in [6, 6.07) is 11.9. The smallest absolute Gasteiger partial charge is 0.233 e. The van der Waals surface area contributed by atoms with Crippen LogP contribution in [0.4, 0.5) is 15.9 Å². The maximum atomic E-state index is 13.3. The Balaban J connectivity index is 1.76. The molecule has 0 aliphatic rings. The largest absolute Gasteiger partial charge is 0.379 e. The number of hydrogen-bond acceptors (Lipinski definition) is 6. The van der Waals surface area contributed by atoms with Crippen LogP contribution in [0, 0.1) is 24.1 Å². The number of anilines is 2. The Bertz CT molecular complexity index is 1490. The van der Waals surface area contributed by atoms with Gasteiger partial charge in [0.1, 0.15) is 23.4 Å². The molecule has 0 bridgehead atoms. The van der Waals surface area contributed by atoms with Crippen molar-refractivity contribution in [2.24, 2.45) is 0 Å². The van der Waals surface area contributed by atoms with Crippen molar-refractivity contribution >= 4 is 32.6 Å². The van der Waals surface area contributed by atoms with E-state index in [1.807, 2.05) is 13.0 Å². The van der Waals surface area contributed by atoms with Crippen LogP contribution in [-0.2, 0) is 16.6 Å². The van der Waals surface area contributed by atoms with E-state index in [0.29, 0.717) is 33.7 Å². The average molecular weight is 465 g/mol. The lowest BCUT2D eigenvalue weighted by atomic mass is 10.1. The SMILES string of the molecule is Cc1ccnc(N(C)S(C)(=O)=O)c1CNc1c(C#N)cnc2[nH]c(-c3ccc(F)cc3)cc12. The summed E-state index contributed by atoms with van der Waals surface area (Å²) < 4.78 is 38.6. The predicted octanol–water partition coefficient (Wildman–Crippen LogP) is 3.95. The number of sulfonamides is 1. The summed E-state index contributed by atoms with van der Waals surface area (Å²) in [5.41, 5.74) is 4.51. The van der Waals surface area contributed by atoms with Crippen molar-refractivity contribution in [1.29, 1.82) is 5.26 Å². The van der Waals surface area contributed by atoms with Crippen LogP contribution in [0.3, 0.4) is 0 Å². The highest BCUT2D eigenvalue weighted by atomic mass is 32.2. The van der Waals surface area contributed by atoms with E-state index in [-0.39, 0.29) is 12.4 Å². The molecule has 1 aromatic carbocycles. The molecule has 4 rings (SSSR count). The van der Waals surface area contributed by atoms with Crippen LogP contribution in [0.15, 0.2) is 48.8 Å². The van der Waals surface area contributed by atoms with Crippen molar-refractivity contribution in [3.63, 3.8) is 0 Å². The number of aromatic amines is 1. The number of pyridine rings is 2. The number of nitrogens with zero attached hydrogens (tertiary/aromatic N) is 4. The van der Waals surface area contributed by atoms with Gasteiger partial charge in [-0.1, -0.05) is 0 Å². The summed E-state index contributed by atoms with van der Waals surface area (Å²) in [6.07, 6.45) is 4.14. The zero-order valence-corrected chi connectivity index (χ0v) is 19.0. The number of aryl methyl sites for hydroxylation is 1. The zero-order valence-electron chi connectivity index (χ0n) is 18.2. The lowest BCUT2D eigenvalue weighted by Crippen LogP contribution is -2.27. The van der Waals surface area contributed by atoms with E-state index in [9.17, 15) is 18.1 Å². The van der Waals surface area contributed by atoms with Gasteiger partial charge < -0.3 is 10.3 Å². The molecule has 168 valence electrons. The van der Waals surface area contributed by atoms with E-state index in [0.717, 1.165) is 27.4 Å². The first-order valence-electron chi connectivity index (χ1n) is 9.99. The Labute approximate surface area is 190 Å². The maximum Gasteiger partial charge on any atom is 0.233 e. The molecule has 0 spiro atoms. The number of aromatic nitrogens is 3. The molecule has 8 nitrogen and oxygen atoms in total. The van der Waals surface area contributed by atoms with E-state index in [4.69, 9.17) is 0 Å². The molecule has 2 N–H and O–H groups in total. The van der Waals surface area contributed by atoms with Crippen LogP contribution in [0.1, 0.15) is 16.7 Å². The summed E-state index contributed by atoms with van der Waals surface area (Å²) in [6.45, 7) is 2.11. The molecule has 0 radical (unpaired) electrons. The van der Waals surface area contributed by atoms with E-state index >= 15 is 0 Å². The highest BCUT2D eigenvalue weighted by molar-refractivity contribution is 7.92. The fraction of sp³-hybridized carbons (Fsp3) is 0.174. The Morgan fingerprint density at radius 3 is 2.61 bits per heavy atom. The summed E-state index contributed by atoms with van der Waals surface area (Å²) in [4.78, 5) is 11.8. The second-order valence-electron chi connectivity index (χ2n) is 7.62.